The summed E-state index contributed by atoms with van der Waals surface area (Å²) >= 11 is 5.90. The van der Waals surface area contributed by atoms with Crippen LogP contribution in [0.25, 0.3) is 11.4 Å². The lowest BCUT2D eigenvalue weighted by Gasteiger charge is -2.10. The van der Waals surface area contributed by atoms with Crippen molar-refractivity contribution in [1.82, 2.24) is 14.8 Å². The molecule has 1 aromatic carbocycles. The number of nitrogens with zero attached hydrogens (tertiary/aromatic N) is 3. The van der Waals surface area contributed by atoms with Crippen molar-refractivity contribution < 1.29 is 13.2 Å². The quantitative estimate of drug-likeness (QED) is 0.915. The average Bonchev–Trinajstić information content (AvgIpc) is 2.82. The number of halogens is 1. The van der Waals surface area contributed by atoms with Gasteiger partial charge >= 0.3 is 0 Å². The van der Waals surface area contributed by atoms with Gasteiger partial charge in [0.25, 0.3) is 15.2 Å². The summed E-state index contributed by atoms with van der Waals surface area (Å²) in [4.78, 5) is 0. The first-order valence-electron chi connectivity index (χ1n) is 5.68. The summed E-state index contributed by atoms with van der Waals surface area (Å²) in [6, 6.07) is 4.96. The molecule has 0 saturated carbocycles. The average molecular weight is 317 g/mol. The van der Waals surface area contributed by atoms with Crippen LogP contribution in [0.15, 0.2) is 23.4 Å². The van der Waals surface area contributed by atoms with Crippen LogP contribution in [0.2, 0.25) is 5.02 Å². The highest BCUT2D eigenvalue weighted by molar-refractivity contribution is 7.89. The van der Waals surface area contributed by atoms with E-state index < -0.39 is 10.0 Å². The molecular weight excluding hydrogens is 304 g/mol. The molecule has 20 heavy (non-hydrogen) atoms. The molecule has 1 aromatic heterocycles. The molecule has 0 radical (unpaired) electrons. The fraction of sp³-hybridized carbons (Fsp3) is 0.273. The Hall–Kier alpha value is -1.64. The highest BCUT2D eigenvalue weighted by atomic mass is 35.5. The Morgan fingerprint density at radius 1 is 1.40 bits per heavy atom. The van der Waals surface area contributed by atoms with Crippen LogP contribution >= 0.6 is 11.6 Å². The number of sulfonamides is 1. The Morgan fingerprint density at radius 3 is 2.65 bits per heavy atom. The zero-order valence-corrected chi connectivity index (χ0v) is 12.4. The van der Waals surface area contributed by atoms with Crippen LogP contribution in [0.3, 0.4) is 0 Å². The topological polar surface area (TPSA) is 100 Å². The smallest absolute Gasteiger partial charge is 0.273 e. The summed E-state index contributed by atoms with van der Waals surface area (Å²) in [6.45, 7) is 2.11. The molecule has 0 saturated heterocycles. The van der Waals surface area contributed by atoms with Crippen molar-refractivity contribution in [1.29, 1.82) is 0 Å². The minimum Gasteiger partial charge on any atom is -0.496 e. The van der Waals surface area contributed by atoms with Gasteiger partial charge in [-0.3, -0.25) is 4.57 Å². The third-order valence-electron chi connectivity index (χ3n) is 2.69. The van der Waals surface area contributed by atoms with Gasteiger partial charge in [0.15, 0.2) is 5.82 Å². The van der Waals surface area contributed by atoms with Gasteiger partial charge in [0.2, 0.25) is 0 Å². The second kappa shape index (κ2) is 5.39. The molecule has 0 fully saturated rings. The molecule has 7 nitrogen and oxygen atoms in total. The van der Waals surface area contributed by atoms with E-state index in [1.54, 1.807) is 25.1 Å². The Bertz CT molecular complexity index is 742. The van der Waals surface area contributed by atoms with E-state index in [4.69, 9.17) is 21.5 Å². The maximum Gasteiger partial charge on any atom is 0.273 e. The maximum absolute atomic E-state index is 11.5. The number of hydrogen-bond donors (Lipinski definition) is 1. The number of nitrogens with two attached hydrogens (primary N) is 1. The van der Waals surface area contributed by atoms with Crippen molar-refractivity contribution in [2.24, 2.45) is 5.14 Å². The first kappa shape index (κ1) is 14.8. The normalized spacial score (nSPS) is 11.6. The van der Waals surface area contributed by atoms with Crippen LogP contribution in [-0.2, 0) is 16.6 Å². The molecule has 0 aliphatic heterocycles. The number of rotatable bonds is 4. The van der Waals surface area contributed by atoms with Gasteiger partial charge in [-0.05, 0) is 25.1 Å². The number of benzene rings is 1. The van der Waals surface area contributed by atoms with Crippen LogP contribution in [-0.4, -0.2) is 30.3 Å². The van der Waals surface area contributed by atoms with Crippen molar-refractivity contribution in [3.63, 3.8) is 0 Å². The molecular formula is C11H13ClN4O3S. The van der Waals surface area contributed by atoms with Gasteiger partial charge in [-0.25, -0.2) is 13.6 Å². The fourth-order valence-corrected chi connectivity index (χ4v) is 2.67. The third kappa shape index (κ3) is 2.62. The molecule has 0 spiro atoms. The Kier molecular flexibility index (Phi) is 3.98. The molecule has 0 aliphatic rings. The number of aromatic nitrogens is 3. The molecule has 108 valence electrons. The van der Waals surface area contributed by atoms with E-state index in [2.05, 4.69) is 10.2 Å². The van der Waals surface area contributed by atoms with Crippen LogP contribution in [0.5, 0.6) is 5.75 Å². The second-order valence-corrected chi connectivity index (χ2v) is 5.83. The van der Waals surface area contributed by atoms with Crippen molar-refractivity contribution in [3.8, 4) is 17.1 Å². The van der Waals surface area contributed by atoms with Crippen LogP contribution < -0.4 is 9.88 Å². The Balaban J connectivity index is 2.68. The largest absolute Gasteiger partial charge is 0.496 e. The minimum atomic E-state index is -3.94. The fourth-order valence-electron chi connectivity index (χ4n) is 1.83. The van der Waals surface area contributed by atoms with E-state index in [0.29, 0.717) is 28.7 Å². The molecule has 0 unspecified atom stereocenters. The first-order valence-corrected chi connectivity index (χ1v) is 7.60. The monoisotopic (exact) mass is 316 g/mol. The Morgan fingerprint density at radius 2 is 2.10 bits per heavy atom. The highest BCUT2D eigenvalue weighted by Gasteiger charge is 2.22. The molecule has 0 atom stereocenters. The minimum absolute atomic E-state index is 0.285. The van der Waals surface area contributed by atoms with Crippen LogP contribution in [0.4, 0.5) is 0 Å². The van der Waals surface area contributed by atoms with Crippen molar-refractivity contribution in [2.75, 3.05) is 7.11 Å². The number of methoxy groups -OCH3 is 1. The van der Waals surface area contributed by atoms with Crippen LogP contribution in [0, 0.1) is 0 Å². The van der Waals surface area contributed by atoms with Crippen molar-refractivity contribution >= 4 is 21.6 Å². The highest BCUT2D eigenvalue weighted by Crippen LogP contribution is 2.32. The lowest BCUT2D eigenvalue weighted by molar-refractivity contribution is 0.416. The van der Waals surface area contributed by atoms with Crippen LogP contribution in [0.1, 0.15) is 6.92 Å². The van der Waals surface area contributed by atoms with Gasteiger partial charge in [-0.1, -0.05) is 11.6 Å². The molecule has 1 heterocycles. The van der Waals surface area contributed by atoms with Gasteiger partial charge in [-0.15, -0.1) is 10.2 Å². The van der Waals surface area contributed by atoms with E-state index in [0.717, 1.165) is 0 Å². The lowest BCUT2D eigenvalue weighted by atomic mass is 10.2. The molecule has 0 amide bonds. The molecule has 2 N–H and O–H groups in total. The summed E-state index contributed by atoms with van der Waals surface area (Å²) in [6.07, 6.45) is 0. The van der Waals surface area contributed by atoms with Crippen molar-refractivity contribution in [3.05, 3.63) is 23.2 Å². The summed E-state index contributed by atoms with van der Waals surface area (Å²) in [5.74, 6) is 0.825. The van der Waals surface area contributed by atoms with Gasteiger partial charge in [0, 0.05) is 11.6 Å². The third-order valence-corrected chi connectivity index (χ3v) is 3.74. The molecule has 2 rings (SSSR count). The molecule has 9 heteroatoms. The van der Waals surface area contributed by atoms with Crippen molar-refractivity contribution in [2.45, 2.75) is 18.6 Å². The predicted octanol–water partition coefficient (Wildman–Crippen LogP) is 1.27. The van der Waals surface area contributed by atoms with Gasteiger partial charge in [0.05, 0.1) is 12.7 Å². The maximum atomic E-state index is 11.5. The standard InChI is InChI=1S/C11H13ClN4O3S/c1-3-16-10(14-15-11(16)20(13,17)18)8-5-4-7(12)6-9(8)19-2/h4-6H,3H2,1-2H3,(H2,13,17,18). The summed E-state index contributed by atoms with van der Waals surface area (Å²) < 4.78 is 29.6. The molecule has 0 bridgehead atoms. The van der Waals surface area contributed by atoms with E-state index >= 15 is 0 Å². The lowest BCUT2D eigenvalue weighted by Crippen LogP contribution is -2.18. The predicted molar refractivity (Wildman–Crippen MR) is 74.1 cm³/mol. The molecule has 2 aromatic rings. The number of ether oxygens (including phenoxy) is 1. The first-order chi connectivity index (χ1) is 9.38. The van der Waals surface area contributed by atoms with E-state index in [1.165, 1.54) is 11.7 Å². The van der Waals surface area contributed by atoms with E-state index in [1.807, 2.05) is 0 Å². The van der Waals surface area contributed by atoms with E-state index in [-0.39, 0.29) is 5.16 Å². The van der Waals surface area contributed by atoms with Gasteiger partial charge < -0.3 is 4.74 Å². The summed E-state index contributed by atoms with van der Waals surface area (Å²) in [7, 11) is -2.45. The van der Waals surface area contributed by atoms with E-state index in [9.17, 15) is 8.42 Å². The zero-order chi connectivity index (χ0) is 14.9. The molecule has 0 aliphatic carbocycles. The van der Waals surface area contributed by atoms with Gasteiger partial charge in [-0.2, -0.15) is 0 Å². The number of hydrogen-bond acceptors (Lipinski definition) is 5. The number of primary sulfonamides is 1. The zero-order valence-electron chi connectivity index (χ0n) is 10.9. The second-order valence-electron chi connectivity index (χ2n) is 3.94. The SMILES string of the molecule is CCn1c(-c2ccc(Cl)cc2OC)nnc1S(N)(=O)=O. The summed E-state index contributed by atoms with van der Waals surface area (Å²) in [5.41, 5.74) is 0.584. The Labute approximate surface area is 121 Å². The van der Waals surface area contributed by atoms with Gasteiger partial charge in [0.1, 0.15) is 5.75 Å². The summed E-state index contributed by atoms with van der Waals surface area (Å²) in [5, 5.41) is 12.9.